The Bertz CT molecular complexity index is 733. The van der Waals surface area contributed by atoms with Gasteiger partial charge in [0.05, 0.1) is 4.90 Å². The largest absolute Gasteiger partial charge is 0.398 e. The third-order valence-electron chi connectivity index (χ3n) is 3.26. The first-order valence-corrected chi connectivity index (χ1v) is 8.26. The number of halogens is 1. The number of nitrogens with one attached hydrogen (secondary N) is 1. The highest BCUT2D eigenvalue weighted by atomic mass is 35.5. The summed E-state index contributed by atoms with van der Waals surface area (Å²) in [6.07, 6.45) is 0. The Morgan fingerprint density at radius 2 is 1.76 bits per heavy atom. The molecule has 0 atom stereocenters. The van der Waals surface area contributed by atoms with Gasteiger partial charge in [0.2, 0.25) is 10.0 Å². The second-order valence-corrected chi connectivity index (χ2v) is 7.10. The Hall–Kier alpha value is -1.56. The highest BCUT2D eigenvalue weighted by Gasteiger charge is 2.16. The average Bonchev–Trinajstić information content (AvgIpc) is 2.43. The highest BCUT2D eigenvalue weighted by molar-refractivity contribution is 7.89. The van der Waals surface area contributed by atoms with Crippen LogP contribution in [0.5, 0.6) is 0 Å². The van der Waals surface area contributed by atoms with Crippen LogP contribution in [0.3, 0.4) is 0 Å². The molecule has 21 heavy (non-hydrogen) atoms. The molecule has 3 N–H and O–H groups in total. The van der Waals surface area contributed by atoms with Crippen LogP contribution in [0, 0.1) is 13.8 Å². The van der Waals surface area contributed by atoms with E-state index in [0.29, 0.717) is 16.3 Å². The molecule has 0 aliphatic rings. The van der Waals surface area contributed by atoms with Crippen LogP contribution in [0.2, 0.25) is 5.02 Å². The Morgan fingerprint density at radius 3 is 2.33 bits per heavy atom. The number of hydrogen-bond donors (Lipinski definition) is 2. The summed E-state index contributed by atoms with van der Waals surface area (Å²) in [6.45, 7) is 3.94. The predicted molar refractivity (Wildman–Crippen MR) is 85.8 cm³/mol. The summed E-state index contributed by atoms with van der Waals surface area (Å²) in [7, 11) is -3.64. The van der Waals surface area contributed by atoms with Gasteiger partial charge in [-0.3, -0.25) is 0 Å². The van der Waals surface area contributed by atoms with Crippen LogP contribution in [-0.4, -0.2) is 8.42 Å². The topological polar surface area (TPSA) is 72.2 Å². The molecule has 0 saturated carbocycles. The number of sulfonamides is 1. The number of anilines is 1. The minimum absolute atomic E-state index is 0.0720. The van der Waals surface area contributed by atoms with Crippen molar-refractivity contribution in [3.05, 3.63) is 58.1 Å². The summed E-state index contributed by atoms with van der Waals surface area (Å²) in [5.41, 5.74) is 8.81. The van der Waals surface area contributed by atoms with Gasteiger partial charge >= 0.3 is 0 Å². The maximum Gasteiger partial charge on any atom is 0.240 e. The molecule has 0 saturated heterocycles. The van der Waals surface area contributed by atoms with Crippen molar-refractivity contribution in [3.63, 3.8) is 0 Å². The van der Waals surface area contributed by atoms with Gasteiger partial charge in [-0.05, 0) is 37.1 Å². The van der Waals surface area contributed by atoms with Gasteiger partial charge in [-0.2, -0.15) is 0 Å². The number of aryl methyl sites for hydroxylation is 1. The van der Waals surface area contributed by atoms with Crippen molar-refractivity contribution >= 4 is 27.3 Å². The first kappa shape index (κ1) is 15.8. The van der Waals surface area contributed by atoms with E-state index in [4.69, 9.17) is 17.3 Å². The fraction of sp³-hybridized carbons (Fsp3) is 0.200. The second-order valence-electron chi connectivity index (χ2n) is 4.93. The Kier molecular flexibility index (Phi) is 4.56. The number of benzene rings is 2. The standard InChI is InChI=1S/C15H17ClN2O2S/c1-10-3-5-12(6-4-10)9-18-21(19,20)13-7-14(16)11(2)15(17)8-13/h3-8,18H,9,17H2,1-2H3. The lowest BCUT2D eigenvalue weighted by Crippen LogP contribution is -2.23. The van der Waals surface area contributed by atoms with E-state index < -0.39 is 10.0 Å². The first-order valence-electron chi connectivity index (χ1n) is 6.40. The summed E-state index contributed by atoms with van der Waals surface area (Å²) in [6, 6.07) is 10.5. The third kappa shape index (κ3) is 3.75. The Balaban J connectivity index is 2.20. The quantitative estimate of drug-likeness (QED) is 0.849. The molecule has 112 valence electrons. The van der Waals surface area contributed by atoms with Gasteiger partial charge in [0.15, 0.2) is 0 Å². The third-order valence-corrected chi connectivity index (χ3v) is 5.03. The van der Waals surface area contributed by atoms with Gasteiger partial charge in [0.25, 0.3) is 0 Å². The smallest absolute Gasteiger partial charge is 0.240 e. The zero-order valence-electron chi connectivity index (χ0n) is 11.9. The molecule has 0 unspecified atom stereocenters. The molecule has 0 heterocycles. The van der Waals surface area contributed by atoms with Crippen molar-refractivity contribution in [1.29, 1.82) is 0 Å². The van der Waals surface area contributed by atoms with Crippen LogP contribution in [0.4, 0.5) is 5.69 Å². The molecule has 0 fully saturated rings. The van der Waals surface area contributed by atoms with E-state index in [1.807, 2.05) is 31.2 Å². The molecule has 2 rings (SSSR count). The number of rotatable bonds is 4. The summed E-state index contributed by atoms with van der Waals surface area (Å²) in [5, 5.41) is 0.339. The molecule has 4 nitrogen and oxygen atoms in total. The van der Waals surface area contributed by atoms with Crippen molar-refractivity contribution in [2.24, 2.45) is 0 Å². The van der Waals surface area contributed by atoms with Crippen LogP contribution in [0.15, 0.2) is 41.3 Å². The maximum absolute atomic E-state index is 12.3. The Labute approximate surface area is 130 Å². The lowest BCUT2D eigenvalue weighted by atomic mass is 10.2. The molecule has 2 aromatic rings. The first-order chi connectivity index (χ1) is 9.79. The molecule has 2 aromatic carbocycles. The molecular weight excluding hydrogens is 308 g/mol. The number of nitrogens with two attached hydrogens (primary N) is 1. The lowest BCUT2D eigenvalue weighted by molar-refractivity contribution is 0.581. The van der Waals surface area contributed by atoms with E-state index in [0.717, 1.165) is 11.1 Å². The lowest BCUT2D eigenvalue weighted by Gasteiger charge is -2.10. The summed E-state index contributed by atoms with van der Waals surface area (Å²) >= 11 is 5.99. The monoisotopic (exact) mass is 324 g/mol. The SMILES string of the molecule is Cc1ccc(CNS(=O)(=O)c2cc(N)c(C)c(Cl)c2)cc1. The van der Waals surface area contributed by atoms with Gasteiger partial charge in [-0.1, -0.05) is 41.4 Å². The predicted octanol–water partition coefficient (Wildman–Crippen LogP) is 3.02. The molecule has 0 aliphatic heterocycles. The minimum atomic E-state index is -3.64. The van der Waals surface area contributed by atoms with Crippen molar-refractivity contribution in [2.75, 3.05) is 5.73 Å². The molecule has 0 aromatic heterocycles. The maximum atomic E-state index is 12.3. The van der Waals surface area contributed by atoms with Crippen LogP contribution in [0.1, 0.15) is 16.7 Å². The average molecular weight is 325 g/mol. The zero-order valence-corrected chi connectivity index (χ0v) is 13.4. The van der Waals surface area contributed by atoms with E-state index in [1.54, 1.807) is 6.92 Å². The van der Waals surface area contributed by atoms with Crippen LogP contribution >= 0.6 is 11.6 Å². The van der Waals surface area contributed by atoms with Gasteiger partial charge in [0.1, 0.15) is 0 Å². The molecule has 0 radical (unpaired) electrons. The van der Waals surface area contributed by atoms with E-state index in [-0.39, 0.29) is 11.4 Å². The van der Waals surface area contributed by atoms with E-state index >= 15 is 0 Å². The number of nitrogen functional groups attached to an aromatic ring is 1. The molecule has 0 spiro atoms. The van der Waals surface area contributed by atoms with E-state index in [1.165, 1.54) is 12.1 Å². The fourth-order valence-electron chi connectivity index (χ4n) is 1.80. The molecule has 6 heteroatoms. The zero-order chi connectivity index (χ0) is 15.6. The second kappa shape index (κ2) is 6.05. The minimum Gasteiger partial charge on any atom is -0.398 e. The van der Waals surface area contributed by atoms with Crippen LogP contribution < -0.4 is 10.5 Å². The summed E-state index contributed by atoms with van der Waals surface area (Å²) in [4.78, 5) is 0.0720. The van der Waals surface area contributed by atoms with Crippen molar-refractivity contribution in [2.45, 2.75) is 25.3 Å². The van der Waals surface area contributed by atoms with Crippen LogP contribution in [-0.2, 0) is 16.6 Å². The van der Waals surface area contributed by atoms with Crippen LogP contribution in [0.25, 0.3) is 0 Å². The molecule has 0 aliphatic carbocycles. The van der Waals surface area contributed by atoms with Crippen molar-refractivity contribution in [3.8, 4) is 0 Å². The van der Waals surface area contributed by atoms with E-state index in [2.05, 4.69) is 4.72 Å². The van der Waals surface area contributed by atoms with Gasteiger partial charge in [-0.15, -0.1) is 0 Å². The normalized spacial score (nSPS) is 11.6. The van der Waals surface area contributed by atoms with Crippen molar-refractivity contribution in [1.82, 2.24) is 4.72 Å². The van der Waals surface area contributed by atoms with Gasteiger partial charge in [0, 0.05) is 17.3 Å². The summed E-state index contributed by atoms with van der Waals surface area (Å²) < 4.78 is 27.1. The van der Waals surface area contributed by atoms with Gasteiger partial charge in [-0.25, -0.2) is 13.1 Å². The molecule has 0 bridgehead atoms. The summed E-state index contributed by atoms with van der Waals surface area (Å²) in [5.74, 6) is 0. The fourth-order valence-corrected chi connectivity index (χ4v) is 3.17. The number of hydrogen-bond acceptors (Lipinski definition) is 3. The van der Waals surface area contributed by atoms with Gasteiger partial charge < -0.3 is 5.73 Å². The molecule has 0 amide bonds. The Morgan fingerprint density at radius 1 is 1.14 bits per heavy atom. The highest BCUT2D eigenvalue weighted by Crippen LogP contribution is 2.25. The van der Waals surface area contributed by atoms with Crippen molar-refractivity contribution < 1.29 is 8.42 Å². The van der Waals surface area contributed by atoms with E-state index in [9.17, 15) is 8.42 Å². The molecular formula is C15H17ClN2O2S.